The Bertz CT molecular complexity index is 892. The minimum atomic E-state index is 0.632. The van der Waals surface area contributed by atoms with Crippen molar-refractivity contribution in [1.82, 2.24) is 0 Å². The third kappa shape index (κ3) is 2.08. The van der Waals surface area contributed by atoms with Crippen molar-refractivity contribution in [1.29, 1.82) is 10.5 Å². The van der Waals surface area contributed by atoms with Gasteiger partial charge in [0.1, 0.15) is 0 Å². The van der Waals surface area contributed by atoms with Crippen molar-refractivity contribution in [2.24, 2.45) is 9.98 Å². The predicted molar refractivity (Wildman–Crippen MR) is 84.8 cm³/mol. The summed E-state index contributed by atoms with van der Waals surface area (Å²) in [6.45, 7) is 2.07. The van der Waals surface area contributed by atoms with E-state index in [0.29, 0.717) is 11.4 Å². The largest absolute Gasteiger partial charge is 0.206 e. The molecule has 0 N–H and O–H groups in total. The summed E-state index contributed by atoms with van der Waals surface area (Å²) in [5.74, 6) is 0. The van der Waals surface area contributed by atoms with Crippen molar-refractivity contribution in [3.63, 3.8) is 0 Å². The molecule has 0 spiro atoms. The monoisotopic (exact) mass is 284 g/mol. The minimum absolute atomic E-state index is 0.632. The van der Waals surface area contributed by atoms with Crippen LogP contribution in [0.1, 0.15) is 34.7 Å². The Morgan fingerprint density at radius 3 is 1.91 bits per heavy atom. The van der Waals surface area contributed by atoms with Crippen LogP contribution >= 0.6 is 0 Å². The van der Waals surface area contributed by atoms with E-state index in [1.165, 1.54) is 0 Å². The van der Waals surface area contributed by atoms with Gasteiger partial charge in [-0.3, -0.25) is 0 Å². The number of aryl methyl sites for hydroxylation is 1. The van der Waals surface area contributed by atoms with Gasteiger partial charge in [-0.2, -0.15) is 20.5 Å². The van der Waals surface area contributed by atoms with Gasteiger partial charge in [0.2, 0.25) is 12.4 Å². The number of nitriles is 2. The van der Waals surface area contributed by atoms with Gasteiger partial charge in [0, 0.05) is 22.3 Å². The predicted octanol–water partition coefficient (Wildman–Crippen LogP) is 3.20. The number of hydrogen-bond donors (Lipinski definition) is 0. The maximum absolute atomic E-state index is 9.05. The number of nitrogens with zero attached hydrogens (tertiary/aromatic N) is 4. The molecule has 0 aromatic heterocycles. The first-order chi connectivity index (χ1) is 10.8. The van der Waals surface area contributed by atoms with Crippen LogP contribution in [0.3, 0.4) is 0 Å². The zero-order valence-electron chi connectivity index (χ0n) is 12.0. The summed E-state index contributed by atoms with van der Waals surface area (Å²) in [4.78, 5) is 8.02. The molecule has 2 aromatic carbocycles. The molecule has 2 aromatic rings. The van der Waals surface area contributed by atoms with Crippen LogP contribution in [-0.2, 0) is 6.42 Å². The number of aliphatic imine (C=N–C) groups is 2. The minimum Gasteiger partial charge on any atom is -0.172 e. The van der Waals surface area contributed by atoms with Gasteiger partial charge >= 0.3 is 0 Å². The average Bonchev–Trinajstić information content (AvgIpc) is 2.57. The molecule has 0 unspecified atom stereocenters. The summed E-state index contributed by atoms with van der Waals surface area (Å²) in [7, 11) is 0. The second kappa shape index (κ2) is 5.63. The summed E-state index contributed by atoms with van der Waals surface area (Å²) >= 11 is 0. The topological polar surface area (TPSA) is 72.3 Å². The van der Waals surface area contributed by atoms with Gasteiger partial charge in [0.05, 0.1) is 11.4 Å². The van der Waals surface area contributed by atoms with Gasteiger partial charge in [-0.15, -0.1) is 0 Å². The second-order valence-corrected chi connectivity index (χ2v) is 4.90. The molecule has 104 valence electrons. The number of benzene rings is 2. The van der Waals surface area contributed by atoms with E-state index < -0.39 is 0 Å². The fraction of sp³-hybridized carbons (Fsp3) is 0.111. The summed E-state index contributed by atoms with van der Waals surface area (Å²) < 4.78 is 0. The number of fused-ring (bicyclic) bond motifs is 2. The molecule has 22 heavy (non-hydrogen) atoms. The van der Waals surface area contributed by atoms with Crippen LogP contribution in [0.15, 0.2) is 52.4 Å². The van der Waals surface area contributed by atoms with Gasteiger partial charge in [0.25, 0.3) is 0 Å². The molecule has 4 heteroatoms. The number of rotatable bonds is 1. The van der Waals surface area contributed by atoms with E-state index in [9.17, 15) is 0 Å². The van der Waals surface area contributed by atoms with Crippen LogP contribution in [0.25, 0.3) is 0 Å². The van der Waals surface area contributed by atoms with Crippen molar-refractivity contribution in [3.05, 3.63) is 70.3 Å². The van der Waals surface area contributed by atoms with E-state index in [1.807, 2.05) is 54.9 Å². The van der Waals surface area contributed by atoms with E-state index in [4.69, 9.17) is 10.5 Å². The molecule has 0 saturated carbocycles. The molecule has 1 aliphatic carbocycles. The average molecular weight is 284 g/mol. The molecular weight excluding hydrogens is 272 g/mol. The molecule has 0 atom stereocenters. The molecule has 0 radical (unpaired) electrons. The maximum Gasteiger partial charge on any atom is 0.206 e. The highest BCUT2D eigenvalue weighted by molar-refractivity contribution is 6.32. The fourth-order valence-electron chi connectivity index (χ4n) is 2.74. The summed E-state index contributed by atoms with van der Waals surface area (Å²) in [6, 6.07) is 13.6. The van der Waals surface area contributed by atoms with Crippen molar-refractivity contribution in [2.45, 2.75) is 13.3 Å². The zero-order chi connectivity index (χ0) is 15.5. The summed E-state index contributed by atoms with van der Waals surface area (Å²) in [5.41, 5.74) is 5.78. The molecule has 0 bridgehead atoms. The van der Waals surface area contributed by atoms with Crippen LogP contribution in [0.4, 0.5) is 0 Å². The van der Waals surface area contributed by atoms with Crippen LogP contribution in [0.5, 0.6) is 0 Å². The standard InChI is InChI=1S/C18H12N4/c1-2-12-7-8-15-16(9-12)18(22-11-20)14-6-4-3-5-13(14)17(15)21-10-19/h3-9H,2H2,1H3/b21-17+,22-18-. The summed E-state index contributed by atoms with van der Waals surface area (Å²) in [6.07, 6.45) is 4.65. The third-order valence-corrected chi connectivity index (χ3v) is 3.76. The van der Waals surface area contributed by atoms with Crippen LogP contribution in [0, 0.1) is 22.9 Å². The lowest BCUT2D eigenvalue weighted by molar-refractivity contribution is 1.14. The van der Waals surface area contributed by atoms with Crippen LogP contribution in [0.2, 0.25) is 0 Å². The van der Waals surface area contributed by atoms with Crippen molar-refractivity contribution >= 4 is 11.4 Å². The lowest BCUT2D eigenvalue weighted by atomic mass is 9.82. The van der Waals surface area contributed by atoms with Gasteiger partial charge < -0.3 is 0 Å². The van der Waals surface area contributed by atoms with Gasteiger partial charge in [-0.1, -0.05) is 43.3 Å². The van der Waals surface area contributed by atoms with Crippen molar-refractivity contribution < 1.29 is 0 Å². The maximum atomic E-state index is 9.05. The third-order valence-electron chi connectivity index (χ3n) is 3.76. The lowest BCUT2D eigenvalue weighted by Crippen LogP contribution is -2.22. The number of hydrogen-bond acceptors (Lipinski definition) is 4. The van der Waals surface area contributed by atoms with E-state index in [1.54, 1.807) is 0 Å². The van der Waals surface area contributed by atoms with Crippen LogP contribution in [-0.4, -0.2) is 11.4 Å². The molecular formula is C18H12N4. The molecule has 4 nitrogen and oxygen atoms in total. The second-order valence-electron chi connectivity index (χ2n) is 4.90. The molecule has 3 rings (SSSR count). The highest BCUT2D eigenvalue weighted by Crippen LogP contribution is 2.29. The van der Waals surface area contributed by atoms with Gasteiger partial charge in [-0.25, -0.2) is 0 Å². The van der Waals surface area contributed by atoms with Gasteiger partial charge in [-0.05, 0) is 18.1 Å². The molecule has 0 saturated heterocycles. The van der Waals surface area contributed by atoms with E-state index in [-0.39, 0.29) is 0 Å². The van der Waals surface area contributed by atoms with Crippen LogP contribution < -0.4 is 0 Å². The molecule has 0 heterocycles. The fourth-order valence-corrected chi connectivity index (χ4v) is 2.74. The normalized spacial score (nSPS) is 15.8. The smallest absolute Gasteiger partial charge is 0.172 e. The zero-order valence-corrected chi connectivity index (χ0v) is 12.0. The van der Waals surface area contributed by atoms with Crippen molar-refractivity contribution in [2.75, 3.05) is 0 Å². The Hall–Kier alpha value is -3.24. The Morgan fingerprint density at radius 2 is 1.36 bits per heavy atom. The van der Waals surface area contributed by atoms with E-state index in [2.05, 4.69) is 16.9 Å². The SMILES string of the molecule is CCc1ccc2c(c1)/C(=N\C#N)c1ccccc1/C2=N\C#N. The first kappa shape index (κ1) is 13.7. The summed E-state index contributed by atoms with van der Waals surface area (Å²) in [5, 5.41) is 18.1. The Labute approximate surface area is 128 Å². The molecule has 0 fully saturated rings. The highest BCUT2D eigenvalue weighted by atomic mass is 14.8. The molecule has 1 aliphatic rings. The Kier molecular flexibility index (Phi) is 3.52. The van der Waals surface area contributed by atoms with E-state index in [0.717, 1.165) is 34.2 Å². The van der Waals surface area contributed by atoms with Gasteiger partial charge in [0.15, 0.2) is 0 Å². The quantitative estimate of drug-likeness (QED) is 0.644. The Morgan fingerprint density at radius 1 is 0.818 bits per heavy atom. The first-order valence-electron chi connectivity index (χ1n) is 6.97. The molecule has 0 aliphatic heterocycles. The lowest BCUT2D eigenvalue weighted by Gasteiger charge is -2.22. The molecule has 0 amide bonds. The van der Waals surface area contributed by atoms with E-state index >= 15 is 0 Å². The highest BCUT2D eigenvalue weighted by Gasteiger charge is 2.26. The first-order valence-corrected chi connectivity index (χ1v) is 6.97. The Balaban J connectivity index is 2.39. The van der Waals surface area contributed by atoms with Crippen molar-refractivity contribution in [3.8, 4) is 12.4 Å².